The van der Waals surface area contributed by atoms with Gasteiger partial charge in [-0.05, 0) is 43.2 Å². The highest BCUT2D eigenvalue weighted by molar-refractivity contribution is 7.16. The van der Waals surface area contributed by atoms with Gasteiger partial charge in [-0.2, -0.15) is 4.99 Å². The van der Waals surface area contributed by atoms with Gasteiger partial charge in [-0.3, -0.25) is 4.79 Å². The molecule has 3 aromatic rings. The molecular formula is C19H16N2OS. The van der Waals surface area contributed by atoms with E-state index in [1.165, 1.54) is 16.9 Å². The first-order valence-corrected chi connectivity index (χ1v) is 8.10. The number of benzene rings is 2. The summed E-state index contributed by atoms with van der Waals surface area (Å²) < 4.78 is 2.99. The number of amides is 1. The first-order valence-electron chi connectivity index (χ1n) is 7.28. The number of thiazole rings is 1. The summed E-state index contributed by atoms with van der Waals surface area (Å²) in [6.45, 7) is 4.34. The molecule has 0 aliphatic heterocycles. The Kier molecular flexibility index (Phi) is 4.14. The second-order valence-electron chi connectivity index (χ2n) is 5.38. The third kappa shape index (κ3) is 2.96. The minimum absolute atomic E-state index is 0.239. The van der Waals surface area contributed by atoms with Crippen molar-refractivity contribution in [2.24, 2.45) is 4.99 Å². The fraction of sp³-hybridized carbons (Fsp3) is 0.158. The number of aryl methyl sites for hydroxylation is 2. The summed E-state index contributed by atoms with van der Waals surface area (Å²) >= 11 is 1.49. The van der Waals surface area contributed by atoms with E-state index in [9.17, 15) is 4.79 Å². The number of nitrogens with zero attached hydrogens (tertiary/aromatic N) is 2. The largest absolute Gasteiger partial charge is 0.305 e. The maximum atomic E-state index is 12.5. The van der Waals surface area contributed by atoms with Crippen LogP contribution in [0.25, 0.3) is 10.2 Å². The monoisotopic (exact) mass is 320 g/mol. The highest BCUT2D eigenvalue weighted by Crippen LogP contribution is 2.19. The molecule has 0 unspecified atom stereocenters. The van der Waals surface area contributed by atoms with E-state index in [4.69, 9.17) is 6.42 Å². The van der Waals surface area contributed by atoms with Gasteiger partial charge in [0.15, 0.2) is 4.80 Å². The summed E-state index contributed by atoms with van der Waals surface area (Å²) in [7, 11) is 0. The Hall–Kier alpha value is -2.64. The molecule has 0 atom stereocenters. The lowest BCUT2D eigenvalue weighted by atomic mass is 10.1. The average Bonchev–Trinajstić information content (AvgIpc) is 2.84. The normalized spacial score (nSPS) is 11.6. The number of terminal acetylenes is 1. The predicted molar refractivity (Wildman–Crippen MR) is 94.5 cm³/mol. The van der Waals surface area contributed by atoms with Gasteiger partial charge >= 0.3 is 0 Å². The summed E-state index contributed by atoms with van der Waals surface area (Å²) in [6.07, 6.45) is 5.48. The van der Waals surface area contributed by atoms with Crippen molar-refractivity contribution in [3.63, 3.8) is 0 Å². The lowest BCUT2D eigenvalue weighted by Crippen LogP contribution is -2.16. The average molecular weight is 320 g/mol. The molecule has 0 saturated carbocycles. The molecule has 0 fully saturated rings. The van der Waals surface area contributed by atoms with Crippen molar-refractivity contribution >= 4 is 27.5 Å². The molecule has 0 bridgehead atoms. The molecule has 0 N–H and O–H groups in total. The molecule has 114 valence electrons. The molecule has 0 radical (unpaired) electrons. The molecule has 3 nitrogen and oxygen atoms in total. The van der Waals surface area contributed by atoms with Gasteiger partial charge in [0.2, 0.25) is 0 Å². The number of rotatable bonds is 2. The van der Waals surface area contributed by atoms with Crippen molar-refractivity contribution in [1.29, 1.82) is 0 Å². The van der Waals surface area contributed by atoms with Crippen LogP contribution in [0.2, 0.25) is 0 Å². The number of fused-ring (bicyclic) bond motifs is 1. The molecule has 0 spiro atoms. The standard InChI is InChI=1S/C19H16N2OS/c1-4-11-21-16-10-9-13(2)12-17(16)23-19(21)20-18(22)15-8-6-5-7-14(15)3/h1,5-10,12H,11H2,2-3H3. The Morgan fingerprint density at radius 1 is 1.26 bits per heavy atom. The van der Waals surface area contributed by atoms with Crippen LogP contribution in [0.15, 0.2) is 47.5 Å². The van der Waals surface area contributed by atoms with Crippen molar-refractivity contribution < 1.29 is 4.79 Å². The highest BCUT2D eigenvalue weighted by atomic mass is 32.1. The third-order valence-electron chi connectivity index (χ3n) is 3.66. The molecular weight excluding hydrogens is 304 g/mol. The van der Waals surface area contributed by atoms with Gasteiger partial charge in [-0.25, -0.2) is 0 Å². The van der Waals surface area contributed by atoms with Crippen LogP contribution in [-0.2, 0) is 6.54 Å². The molecule has 1 heterocycles. The number of hydrogen-bond acceptors (Lipinski definition) is 2. The molecule has 3 rings (SSSR count). The number of carbonyl (C=O) groups is 1. The van der Waals surface area contributed by atoms with Crippen LogP contribution < -0.4 is 4.80 Å². The lowest BCUT2D eigenvalue weighted by molar-refractivity contribution is 0.0997. The smallest absolute Gasteiger partial charge is 0.279 e. The van der Waals surface area contributed by atoms with Crippen LogP contribution in [0.5, 0.6) is 0 Å². The van der Waals surface area contributed by atoms with E-state index in [0.29, 0.717) is 16.9 Å². The summed E-state index contributed by atoms with van der Waals surface area (Å²) in [5.41, 5.74) is 3.72. The van der Waals surface area contributed by atoms with Gasteiger partial charge in [0.1, 0.15) is 0 Å². The molecule has 1 amide bonds. The van der Waals surface area contributed by atoms with Crippen LogP contribution in [0.1, 0.15) is 21.5 Å². The Balaban J connectivity index is 2.19. The predicted octanol–water partition coefficient (Wildman–Crippen LogP) is 3.69. The number of hydrogen-bond donors (Lipinski definition) is 0. The van der Waals surface area contributed by atoms with Crippen molar-refractivity contribution in [2.45, 2.75) is 20.4 Å². The Morgan fingerprint density at radius 2 is 2.04 bits per heavy atom. The Bertz CT molecular complexity index is 1000. The van der Waals surface area contributed by atoms with Crippen molar-refractivity contribution in [1.82, 2.24) is 4.57 Å². The fourth-order valence-electron chi connectivity index (χ4n) is 2.47. The van der Waals surface area contributed by atoms with E-state index >= 15 is 0 Å². The summed E-state index contributed by atoms with van der Waals surface area (Å²) in [5, 5.41) is 0. The van der Waals surface area contributed by atoms with E-state index in [-0.39, 0.29) is 5.91 Å². The van der Waals surface area contributed by atoms with Crippen LogP contribution in [0.4, 0.5) is 0 Å². The minimum atomic E-state index is -0.239. The van der Waals surface area contributed by atoms with Gasteiger partial charge in [0, 0.05) is 5.56 Å². The maximum absolute atomic E-state index is 12.5. The zero-order valence-electron chi connectivity index (χ0n) is 13.0. The van der Waals surface area contributed by atoms with Gasteiger partial charge in [0.05, 0.1) is 16.8 Å². The first kappa shape index (κ1) is 15.3. The SMILES string of the molecule is C#CCn1c(=NC(=O)c2ccccc2C)sc2cc(C)ccc21. The van der Waals surface area contributed by atoms with E-state index in [1.54, 1.807) is 6.07 Å². The van der Waals surface area contributed by atoms with E-state index in [2.05, 4.69) is 17.0 Å². The zero-order valence-corrected chi connectivity index (χ0v) is 13.9. The summed E-state index contributed by atoms with van der Waals surface area (Å²) in [4.78, 5) is 17.5. The molecule has 0 saturated heterocycles. The van der Waals surface area contributed by atoms with E-state index in [1.807, 2.05) is 48.7 Å². The van der Waals surface area contributed by atoms with Gasteiger partial charge in [-0.15, -0.1) is 6.42 Å². The summed E-state index contributed by atoms with van der Waals surface area (Å²) in [6, 6.07) is 13.6. The maximum Gasteiger partial charge on any atom is 0.279 e. The third-order valence-corrected chi connectivity index (χ3v) is 4.70. The van der Waals surface area contributed by atoms with E-state index in [0.717, 1.165) is 15.8 Å². The van der Waals surface area contributed by atoms with E-state index < -0.39 is 0 Å². The topological polar surface area (TPSA) is 34.4 Å². The Morgan fingerprint density at radius 3 is 2.78 bits per heavy atom. The van der Waals surface area contributed by atoms with Gasteiger partial charge in [-0.1, -0.05) is 41.5 Å². The van der Waals surface area contributed by atoms with Crippen molar-refractivity contribution in [3.8, 4) is 12.3 Å². The zero-order chi connectivity index (χ0) is 16.4. The molecule has 1 aromatic heterocycles. The van der Waals surface area contributed by atoms with Crippen molar-refractivity contribution in [2.75, 3.05) is 0 Å². The fourth-order valence-corrected chi connectivity index (χ4v) is 3.60. The minimum Gasteiger partial charge on any atom is -0.305 e. The highest BCUT2D eigenvalue weighted by Gasteiger charge is 2.10. The second-order valence-corrected chi connectivity index (χ2v) is 6.39. The van der Waals surface area contributed by atoms with Crippen LogP contribution >= 0.6 is 11.3 Å². The summed E-state index contributed by atoms with van der Waals surface area (Å²) in [5.74, 6) is 2.40. The van der Waals surface area contributed by atoms with Gasteiger partial charge in [0.25, 0.3) is 5.91 Å². The molecule has 0 aliphatic rings. The van der Waals surface area contributed by atoms with Crippen LogP contribution in [0.3, 0.4) is 0 Å². The Labute approximate surface area is 138 Å². The molecule has 2 aromatic carbocycles. The molecule has 0 aliphatic carbocycles. The number of carbonyl (C=O) groups excluding carboxylic acids is 1. The molecule has 23 heavy (non-hydrogen) atoms. The van der Waals surface area contributed by atoms with Crippen molar-refractivity contribution in [3.05, 3.63) is 64.0 Å². The van der Waals surface area contributed by atoms with Gasteiger partial charge < -0.3 is 4.57 Å². The molecule has 4 heteroatoms. The number of aromatic nitrogens is 1. The van der Waals surface area contributed by atoms with Crippen LogP contribution in [0, 0.1) is 26.2 Å². The van der Waals surface area contributed by atoms with Crippen LogP contribution in [-0.4, -0.2) is 10.5 Å². The first-order chi connectivity index (χ1) is 11.1. The quantitative estimate of drug-likeness (QED) is 0.663. The second kappa shape index (κ2) is 6.23. The lowest BCUT2D eigenvalue weighted by Gasteiger charge is -2.01.